The minimum atomic E-state index is -2.08. The summed E-state index contributed by atoms with van der Waals surface area (Å²) in [5.74, 6) is 0.205. The Bertz CT molecular complexity index is 692. The molecule has 1 heterocycles. The van der Waals surface area contributed by atoms with Crippen molar-refractivity contribution in [1.29, 1.82) is 0 Å². The Morgan fingerprint density at radius 3 is 2.38 bits per heavy atom. The van der Waals surface area contributed by atoms with Crippen LogP contribution in [0.3, 0.4) is 0 Å². The van der Waals surface area contributed by atoms with Crippen molar-refractivity contribution in [3.8, 4) is 0 Å². The second kappa shape index (κ2) is 7.82. The summed E-state index contributed by atoms with van der Waals surface area (Å²) in [6.45, 7) is 16.8. The van der Waals surface area contributed by atoms with Crippen LogP contribution in [0, 0.1) is 5.41 Å². The molecular formula is C22H39NO5Si. The van der Waals surface area contributed by atoms with Gasteiger partial charge in [-0.3, -0.25) is 9.59 Å². The average Bonchev–Trinajstić information content (AvgIpc) is 2.51. The standard InChI is InChI=1S/C22H39NO5Si/c1-11-26-19(25)22-16(23(7)8)12-15(28-29(9,10)20(2,3)4)13-18(22)27-21(5,6)14-17(22)24/h12,16,18H,11,13-14H2,1-10H3/t16-,18+,22-/m0/s1. The summed E-state index contributed by atoms with van der Waals surface area (Å²) in [6.07, 6.45) is 1.91. The molecule has 0 bridgehead atoms. The summed E-state index contributed by atoms with van der Waals surface area (Å²) in [5, 5.41) is 0.0413. The Morgan fingerprint density at radius 1 is 1.31 bits per heavy atom. The number of hydrogen-bond donors (Lipinski definition) is 0. The molecule has 29 heavy (non-hydrogen) atoms. The molecule has 2 rings (SSSR count). The quantitative estimate of drug-likeness (QED) is 0.378. The van der Waals surface area contributed by atoms with Crippen LogP contribution in [0.25, 0.3) is 0 Å². The number of ketones is 1. The minimum absolute atomic E-state index is 0.0413. The van der Waals surface area contributed by atoms with E-state index >= 15 is 0 Å². The van der Waals surface area contributed by atoms with Gasteiger partial charge >= 0.3 is 5.97 Å². The molecule has 6 nitrogen and oxygen atoms in total. The normalized spacial score (nSPS) is 29.9. The fourth-order valence-electron chi connectivity index (χ4n) is 4.08. The van der Waals surface area contributed by atoms with E-state index in [1.807, 2.05) is 38.9 Å². The van der Waals surface area contributed by atoms with Gasteiger partial charge in [0.25, 0.3) is 0 Å². The van der Waals surface area contributed by atoms with Crippen LogP contribution in [-0.4, -0.2) is 63.4 Å². The highest BCUT2D eigenvalue weighted by Crippen LogP contribution is 2.50. The van der Waals surface area contributed by atoms with Crippen LogP contribution in [0.2, 0.25) is 18.1 Å². The summed E-state index contributed by atoms with van der Waals surface area (Å²) in [5.41, 5.74) is -2.00. The van der Waals surface area contributed by atoms with Gasteiger partial charge in [0.15, 0.2) is 11.2 Å². The molecule has 166 valence electrons. The molecule has 0 N–H and O–H groups in total. The van der Waals surface area contributed by atoms with Crippen molar-refractivity contribution in [1.82, 2.24) is 4.90 Å². The van der Waals surface area contributed by atoms with Crippen LogP contribution in [0.5, 0.6) is 0 Å². The third-order valence-corrected chi connectivity index (χ3v) is 11.0. The van der Waals surface area contributed by atoms with E-state index in [2.05, 4.69) is 33.9 Å². The van der Waals surface area contributed by atoms with Crippen LogP contribution >= 0.6 is 0 Å². The average molecular weight is 426 g/mol. The van der Waals surface area contributed by atoms with Gasteiger partial charge in [-0.2, -0.15) is 0 Å². The molecule has 1 fully saturated rings. The Morgan fingerprint density at radius 2 is 1.90 bits per heavy atom. The first-order valence-corrected chi connectivity index (χ1v) is 13.4. The summed E-state index contributed by atoms with van der Waals surface area (Å²) in [4.78, 5) is 28.6. The van der Waals surface area contributed by atoms with Crippen LogP contribution in [0.4, 0.5) is 0 Å². The number of likely N-dealkylation sites (N-methyl/N-ethyl adjacent to an activating group) is 1. The molecule has 3 atom stereocenters. The van der Waals surface area contributed by atoms with E-state index in [9.17, 15) is 9.59 Å². The number of carbonyl (C=O) groups excluding carboxylic acids is 2. The van der Waals surface area contributed by atoms with E-state index in [-0.39, 0.29) is 23.8 Å². The molecule has 1 aliphatic heterocycles. The van der Waals surface area contributed by atoms with Gasteiger partial charge in [0, 0.05) is 12.8 Å². The maximum absolute atomic E-state index is 13.5. The first-order chi connectivity index (χ1) is 13.1. The molecule has 0 spiro atoms. The van der Waals surface area contributed by atoms with Gasteiger partial charge in [0.1, 0.15) is 0 Å². The molecule has 0 amide bonds. The molecular weight excluding hydrogens is 386 g/mol. The highest BCUT2D eigenvalue weighted by atomic mass is 28.4. The second-order valence-electron chi connectivity index (χ2n) is 10.7. The number of fused-ring (bicyclic) bond motifs is 1. The monoisotopic (exact) mass is 425 g/mol. The van der Waals surface area contributed by atoms with E-state index in [0.717, 1.165) is 5.76 Å². The molecule has 2 aliphatic rings. The van der Waals surface area contributed by atoms with Gasteiger partial charge in [-0.1, -0.05) is 20.8 Å². The Kier molecular flexibility index (Phi) is 6.49. The van der Waals surface area contributed by atoms with Crippen molar-refractivity contribution in [3.05, 3.63) is 11.8 Å². The molecule has 0 aromatic carbocycles. The van der Waals surface area contributed by atoms with Gasteiger partial charge in [-0.15, -0.1) is 0 Å². The topological polar surface area (TPSA) is 65.1 Å². The Hall–Kier alpha value is -1.18. The van der Waals surface area contributed by atoms with Crippen molar-refractivity contribution in [2.24, 2.45) is 5.41 Å². The van der Waals surface area contributed by atoms with Gasteiger partial charge < -0.3 is 18.8 Å². The summed E-state index contributed by atoms with van der Waals surface area (Å²) < 4.78 is 18.4. The van der Waals surface area contributed by atoms with E-state index in [4.69, 9.17) is 13.9 Å². The number of ether oxygens (including phenoxy) is 2. The van der Waals surface area contributed by atoms with Gasteiger partial charge in [0.2, 0.25) is 8.32 Å². The number of hydrogen-bond acceptors (Lipinski definition) is 6. The second-order valence-corrected chi connectivity index (χ2v) is 15.4. The SMILES string of the molecule is CCOC(=O)[C@@]12C(=O)CC(C)(C)O[C@@H]1CC(O[Si](C)(C)C(C)(C)C)=C[C@@H]2N(C)C. The number of rotatable bonds is 5. The smallest absolute Gasteiger partial charge is 0.324 e. The number of nitrogens with zero attached hydrogens (tertiary/aromatic N) is 1. The van der Waals surface area contributed by atoms with Crippen molar-refractivity contribution in [2.75, 3.05) is 20.7 Å². The summed E-state index contributed by atoms with van der Waals surface area (Å²) in [6, 6.07) is -0.483. The fourth-order valence-corrected chi connectivity index (χ4v) is 5.19. The maximum Gasteiger partial charge on any atom is 0.324 e. The van der Waals surface area contributed by atoms with Crippen LogP contribution in [0.15, 0.2) is 11.8 Å². The van der Waals surface area contributed by atoms with Crippen molar-refractivity contribution in [3.63, 3.8) is 0 Å². The zero-order valence-electron chi connectivity index (χ0n) is 19.8. The summed E-state index contributed by atoms with van der Waals surface area (Å²) >= 11 is 0. The van der Waals surface area contributed by atoms with Crippen molar-refractivity contribution >= 4 is 20.1 Å². The predicted molar refractivity (Wildman–Crippen MR) is 116 cm³/mol. The van der Waals surface area contributed by atoms with Crippen LogP contribution in [0.1, 0.15) is 54.4 Å². The zero-order valence-corrected chi connectivity index (χ0v) is 20.8. The number of Topliss-reactive ketones (excluding diaryl/α,β-unsaturated/α-hetero) is 1. The van der Waals surface area contributed by atoms with Crippen LogP contribution in [-0.2, 0) is 23.5 Å². The molecule has 0 aromatic rings. The van der Waals surface area contributed by atoms with E-state index in [1.54, 1.807) is 6.92 Å². The lowest BCUT2D eigenvalue weighted by Gasteiger charge is -2.53. The highest BCUT2D eigenvalue weighted by molar-refractivity contribution is 6.74. The third-order valence-electron chi connectivity index (χ3n) is 6.58. The van der Waals surface area contributed by atoms with Gasteiger partial charge in [-0.25, -0.2) is 0 Å². The fraction of sp³-hybridized carbons (Fsp3) is 0.818. The Balaban J connectivity index is 2.59. The molecule has 1 saturated heterocycles. The lowest BCUT2D eigenvalue weighted by Crippen LogP contribution is -2.68. The molecule has 0 aromatic heterocycles. The summed E-state index contributed by atoms with van der Waals surface area (Å²) in [7, 11) is 1.68. The van der Waals surface area contributed by atoms with E-state index < -0.39 is 37.4 Å². The number of carbonyl (C=O) groups is 2. The lowest BCUT2D eigenvalue weighted by molar-refractivity contribution is -0.207. The third kappa shape index (κ3) is 4.32. The molecule has 0 unspecified atom stereocenters. The lowest BCUT2D eigenvalue weighted by atomic mass is 9.63. The Labute approximate surface area is 177 Å². The largest absolute Gasteiger partial charge is 0.547 e. The highest BCUT2D eigenvalue weighted by Gasteiger charge is 2.65. The van der Waals surface area contributed by atoms with E-state index in [1.165, 1.54) is 0 Å². The molecule has 1 aliphatic carbocycles. The van der Waals surface area contributed by atoms with Crippen molar-refractivity contribution < 1.29 is 23.5 Å². The molecule has 0 radical (unpaired) electrons. The maximum atomic E-state index is 13.5. The first-order valence-electron chi connectivity index (χ1n) is 10.5. The van der Waals surface area contributed by atoms with Crippen LogP contribution < -0.4 is 0 Å². The molecule has 0 saturated carbocycles. The number of esters is 1. The minimum Gasteiger partial charge on any atom is -0.547 e. The van der Waals surface area contributed by atoms with Gasteiger partial charge in [0.05, 0.1) is 30.1 Å². The van der Waals surface area contributed by atoms with Crippen molar-refractivity contribution in [2.45, 2.75) is 90.3 Å². The molecule has 7 heteroatoms. The predicted octanol–water partition coefficient (Wildman–Crippen LogP) is 3.91. The van der Waals surface area contributed by atoms with Gasteiger partial charge in [-0.05, 0) is 59.1 Å². The first kappa shape index (κ1) is 24.1. The van der Waals surface area contributed by atoms with E-state index in [0.29, 0.717) is 6.42 Å². The zero-order chi connectivity index (χ0) is 22.4.